The Balaban J connectivity index is 1.60. The lowest BCUT2D eigenvalue weighted by Gasteiger charge is -2.41. The molecule has 2 aliphatic carbocycles. The zero-order chi connectivity index (χ0) is 11.7. The fraction of sp³-hybridized carbons (Fsp3) is 0.500. The van der Waals surface area contributed by atoms with Crippen LogP contribution in [-0.2, 0) is 6.42 Å². The molecule has 1 nitrogen and oxygen atoms in total. The van der Waals surface area contributed by atoms with E-state index in [9.17, 15) is 0 Å². The molecule has 3 rings (SSSR count). The van der Waals surface area contributed by atoms with Gasteiger partial charge in [0, 0.05) is 17.6 Å². The van der Waals surface area contributed by atoms with Crippen molar-refractivity contribution in [2.75, 3.05) is 5.32 Å². The Hall–Kier alpha value is -1.24. The lowest BCUT2D eigenvalue weighted by molar-refractivity contribution is 0.218. The lowest BCUT2D eigenvalue weighted by atomic mass is 9.71. The van der Waals surface area contributed by atoms with E-state index < -0.39 is 0 Å². The van der Waals surface area contributed by atoms with Crippen molar-refractivity contribution in [2.45, 2.75) is 38.6 Å². The number of allylic oxidation sites excluding steroid dienone is 1. The third-order valence-electron chi connectivity index (χ3n) is 4.21. The second-order valence-corrected chi connectivity index (χ2v) is 5.43. The Morgan fingerprint density at radius 2 is 2.06 bits per heavy atom. The summed E-state index contributed by atoms with van der Waals surface area (Å²) in [6.45, 7) is 2.23. The highest BCUT2D eigenvalue weighted by Crippen LogP contribution is 2.43. The molecule has 0 saturated heterocycles. The van der Waals surface area contributed by atoms with Crippen LogP contribution in [0, 0.1) is 11.8 Å². The molecular formula is C16H21N. The van der Waals surface area contributed by atoms with Crippen molar-refractivity contribution in [1.82, 2.24) is 0 Å². The van der Waals surface area contributed by atoms with E-state index in [2.05, 4.69) is 48.7 Å². The summed E-state index contributed by atoms with van der Waals surface area (Å²) < 4.78 is 0. The van der Waals surface area contributed by atoms with E-state index >= 15 is 0 Å². The molecule has 0 radical (unpaired) electrons. The van der Waals surface area contributed by atoms with Gasteiger partial charge in [0.15, 0.2) is 0 Å². The van der Waals surface area contributed by atoms with Gasteiger partial charge >= 0.3 is 0 Å². The summed E-state index contributed by atoms with van der Waals surface area (Å²) in [5, 5.41) is 3.67. The smallest absolute Gasteiger partial charge is 0.0342 e. The monoisotopic (exact) mass is 227 g/mol. The second-order valence-electron chi connectivity index (χ2n) is 5.43. The fourth-order valence-corrected chi connectivity index (χ4v) is 3.15. The molecule has 0 heterocycles. The number of anilines is 1. The van der Waals surface area contributed by atoms with E-state index in [4.69, 9.17) is 0 Å². The van der Waals surface area contributed by atoms with Crippen LogP contribution in [-0.4, -0.2) is 6.04 Å². The molecule has 1 N–H and O–H groups in total. The summed E-state index contributed by atoms with van der Waals surface area (Å²) in [6, 6.07) is 9.66. The Bertz CT molecular complexity index is 404. The van der Waals surface area contributed by atoms with E-state index in [-0.39, 0.29) is 0 Å². The molecule has 3 unspecified atom stereocenters. The molecule has 1 aromatic carbocycles. The van der Waals surface area contributed by atoms with E-state index in [1.54, 1.807) is 0 Å². The van der Waals surface area contributed by atoms with Crippen LogP contribution in [0.4, 0.5) is 5.69 Å². The number of hydrogen-bond donors (Lipinski definition) is 1. The van der Waals surface area contributed by atoms with E-state index in [1.165, 1.54) is 36.9 Å². The first-order chi connectivity index (χ1) is 8.36. The zero-order valence-electron chi connectivity index (χ0n) is 10.5. The highest BCUT2D eigenvalue weighted by molar-refractivity contribution is 5.46. The first-order valence-electron chi connectivity index (χ1n) is 6.89. The van der Waals surface area contributed by atoms with Gasteiger partial charge in [0.25, 0.3) is 0 Å². The van der Waals surface area contributed by atoms with Gasteiger partial charge in [-0.15, -0.1) is 0 Å². The maximum absolute atomic E-state index is 3.67. The average Bonchev–Trinajstić information content (AvgIpc) is 2.70. The van der Waals surface area contributed by atoms with Crippen molar-refractivity contribution < 1.29 is 0 Å². The van der Waals surface area contributed by atoms with Crippen molar-refractivity contribution >= 4 is 5.69 Å². The number of rotatable bonds is 4. The van der Waals surface area contributed by atoms with Crippen LogP contribution in [0.25, 0.3) is 0 Å². The molecular weight excluding hydrogens is 206 g/mol. The third-order valence-corrected chi connectivity index (χ3v) is 4.21. The largest absolute Gasteiger partial charge is 0.382 e. The molecule has 3 atom stereocenters. The molecule has 1 saturated carbocycles. The molecule has 1 heteroatoms. The quantitative estimate of drug-likeness (QED) is 0.766. The zero-order valence-corrected chi connectivity index (χ0v) is 10.5. The van der Waals surface area contributed by atoms with Crippen LogP contribution >= 0.6 is 0 Å². The lowest BCUT2D eigenvalue weighted by Crippen LogP contribution is -2.43. The van der Waals surface area contributed by atoms with Gasteiger partial charge < -0.3 is 5.32 Å². The Labute approximate surface area is 104 Å². The highest BCUT2D eigenvalue weighted by Gasteiger charge is 2.40. The summed E-state index contributed by atoms with van der Waals surface area (Å²) in [6.07, 6.45) is 9.81. The minimum Gasteiger partial charge on any atom is -0.382 e. The Morgan fingerprint density at radius 1 is 1.24 bits per heavy atom. The third kappa shape index (κ3) is 2.11. The molecule has 2 aliphatic rings. The number of aryl methyl sites for hydroxylation is 1. The number of benzene rings is 1. The van der Waals surface area contributed by atoms with E-state index in [0.29, 0.717) is 6.04 Å². The maximum Gasteiger partial charge on any atom is 0.0342 e. The molecule has 17 heavy (non-hydrogen) atoms. The second kappa shape index (κ2) is 4.56. The van der Waals surface area contributed by atoms with Crippen LogP contribution in [0.15, 0.2) is 36.4 Å². The minimum absolute atomic E-state index is 0.677. The highest BCUT2D eigenvalue weighted by atomic mass is 14.9. The van der Waals surface area contributed by atoms with Gasteiger partial charge in [-0.3, -0.25) is 0 Å². The van der Waals surface area contributed by atoms with Crippen LogP contribution in [0.5, 0.6) is 0 Å². The predicted octanol–water partition coefficient (Wildman–Crippen LogP) is 4.02. The van der Waals surface area contributed by atoms with Crippen LogP contribution in [0.2, 0.25) is 0 Å². The predicted molar refractivity (Wildman–Crippen MR) is 73.2 cm³/mol. The van der Waals surface area contributed by atoms with Crippen LogP contribution < -0.4 is 5.32 Å². The molecule has 0 spiro atoms. The van der Waals surface area contributed by atoms with E-state index in [1.807, 2.05) is 0 Å². The van der Waals surface area contributed by atoms with Gasteiger partial charge in [-0.25, -0.2) is 0 Å². The minimum atomic E-state index is 0.677. The average molecular weight is 227 g/mol. The SMILES string of the molecule is CCCc1ccc(NC2CC3CC=CC32)cc1. The molecule has 1 fully saturated rings. The van der Waals surface area contributed by atoms with Crippen molar-refractivity contribution in [1.29, 1.82) is 0 Å². The number of hydrogen-bond acceptors (Lipinski definition) is 1. The number of nitrogens with one attached hydrogen (secondary N) is 1. The standard InChI is InChI=1S/C16H21N/c1-2-4-12-7-9-14(10-8-12)17-16-11-13-5-3-6-15(13)16/h3,6-10,13,15-17H,2,4-5,11H2,1H3. The van der Waals surface area contributed by atoms with Gasteiger partial charge in [0.2, 0.25) is 0 Å². The normalized spacial score (nSPS) is 29.8. The Kier molecular flexibility index (Phi) is 2.92. The van der Waals surface area contributed by atoms with E-state index in [0.717, 1.165) is 11.8 Å². The Morgan fingerprint density at radius 3 is 2.76 bits per heavy atom. The van der Waals surface area contributed by atoms with Crippen LogP contribution in [0.3, 0.4) is 0 Å². The van der Waals surface area contributed by atoms with Gasteiger partial charge in [-0.05, 0) is 42.9 Å². The first-order valence-corrected chi connectivity index (χ1v) is 6.89. The molecule has 1 aromatic rings. The topological polar surface area (TPSA) is 12.0 Å². The summed E-state index contributed by atoms with van der Waals surface area (Å²) in [4.78, 5) is 0. The molecule has 0 bridgehead atoms. The van der Waals surface area contributed by atoms with Crippen molar-refractivity contribution in [3.63, 3.8) is 0 Å². The molecule has 90 valence electrons. The molecule has 0 amide bonds. The summed E-state index contributed by atoms with van der Waals surface area (Å²) in [5.74, 6) is 1.73. The van der Waals surface area contributed by atoms with Crippen molar-refractivity contribution in [3.8, 4) is 0 Å². The van der Waals surface area contributed by atoms with Crippen molar-refractivity contribution in [2.24, 2.45) is 11.8 Å². The summed E-state index contributed by atoms with van der Waals surface area (Å²) >= 11 is 0. The summed E-state index contributed by atoms with van der Waals surface area (Å²) in [5.41, 5.74) is 2.74. The number of fused-ring (bicyclic) bond motifs is 1. The van der Waals surface area contributed by atoms with Gasteiger partial charge in [0.1, 0.15) is 0 Å². The molecule has 0 aromatic heterocycles. The molecule has 0 aliphatic heterocycles. The van der Waals surface area contributed by atoms with Gasteiger partial charge in [0.05, 0.1) is 0 Å². The fourth-order valence-electron chi connectivity index (χ4n) is 3.15. The van der Waals surface area contributed by atoms with Gasteiger partial charge in [-0.1, -0.05) is 37.6 Å². The summed E-state index contributed by atoms with van der Waals surface area (Å²) in [7, 11) is 0. The van der Waals surface area contributed by atoms with Crippen LogP contribution in [0.1, 0.15) is 31.7 Å². The maximum atomic E-state index is 3.67. The van der Waals surface area contributed by atoms with Gasteiger partial charge in [-0.2, -0.15) is 0 Å². The first kappa shape index (κ1) is 10.9. The van der Waals surface area contributed by atoms with Crippen molar-refractivity contribution in [3.05, 3.63) is 42.0 Å².